The minimum atomic E-state index is -0.274. The number of nitrogens with one attached hydrogen (secondary N) is 1. The van der Waals surface area contributed by atoms with Gasteiger partial charge < -0.3 is 24.6 Å². The number of rotatable bonds is 6. The normalized spacial score (nSPS) is 18.2. The van der Waals surface area contributed by atoms with Gasteiger partial charge in [-0.25, -0.2) is 4.79 Å². The first-order valence-electron chi connectivity index (χ1n) is 6.72. The first-order valence-corrected chi connectivity index (χ1v) is 6.72. The van der Waals surface area contributed by atoms with Crippen molar-refractivity contribution >= 4 is 6.03 Å². The number of carbonyl (C=O) groups is 1. The molecule has 0 radical (unpaired) electrons. The smallest absolute Gasteiger partial charge is 0.317 e. The number of amides is 2. The van der Waals surface area contributed by atoms with E-state index < -0.39 is 0 Å². The number of aliphatic hydroxyl groups excluding tert-OH is 1. The second-order valence-corrected chi connectivity index (χ2v) is 4.76. The molecule has 20 heavy (non-hydrogen) atoms. The van der Waals surface area contributed by atoms with Crippen LogP contribution in [0.25, 0.3) is 0 Å². The number of aliphatic hydroxyl groups is 1. The van der Waals surface area contributed by atoms with Gasteiger partial charge in [0.1, 0.15) is 6.61 Å². The number of hydrogen-bond acceptors (Lipinski definition) is 6. The summed E-state index contributed by atoms with van der Waals surface area (Å²) in [6.45, 7) is 1.52. The Bertz CT molecular complexity index is 431. The van der Waals surface area contributed by atoms with E-state index in [1.54, 1.807) is 11.9 Å². The van der Waals surface area contributed by atoms with E-state index >= 15 is 0 Å². The molecule has 8 heteroatoms. The highest BCUT2D eigenvalue weighted by Gasteiger charge is 2.19. The van der Waals surface area contributed by atoms with E-state index in [2.05, 4.69) is 15.5 Å². The predicted octanol–water partition coefficient (Wildman–Crippen LogP) is -0.0752. The van der Waals surface area contributed by atoms with Crippen LogP contribution in [0.5, 0.6) is 0 Å². The molecule has 0 aromatic carbocycles. The van der Waals surface area contributed by atoms with Gasteiger partial charge in [-0.3, -0.25) is 0 Å². The van der Waals surface area contributed by atoms with E-state index in [1.807, 2.05) is 0 Å². The fourth-order valence-corrected chi connectivity index (χ4v) is 2.05. The Morgan fingerprint density at radius 2 is 2.45 bits per heavy atom. The third-order valence-corrected chi connectivity index (χ3v) is 3.12. The summed E-state index contributed by atoms with van der Waals surface area (Å²) in [6.07, 6.45) is 2.67. The van der Waals surface area contributed by atoms with Crippen LogP contribution in [0.2, 0.25) is 0 Å². The molecule has 0 spiro atoms. The maximum absolute atomic E-state index is 11.8. The Balaban J connectivity index is 1.66. The lowest BCUT2D eigenvalue weighted by molar-refractivity contribution is 0.0875. The first kappa shape index (κ1) is 14.7. The van der Waals surface area contributed by atoms with Crippen molar-refractivity contribution in [3.05, 3.63) is 11.7 Å². The Labute approximate surface area is 117 Å². The standard InChI is InChI=1S/C12H20N4O4/c1-16(7-9-3-2-6-19-9)12(18)13-5-4-10-14-11(8-17)20-15-10/h9,17H,2-8H2,1H3,(H,13,18)/t9-/m1/s1. The van der Waals surface area contributed by atoms with Crippen LogP contribution in [-0.2, 0) is 17.8 Å². The zero-order chi connectivity index (χ0) is 14.4. The lowest BCUT2D eigenvalue weighted by Gasteiger charge is -2.21. The summed E-state index contributed by atoms with van der Waals surface area (Å²) in [4.78, 5) is 17.4. The molecule has 1 aromatic rings. The molecule has 2 heterocycles. The average molecular weight is 284 g/mol. The van der Waals surface area contributed by atoms with Crippen molar-refractivity contribution in [3.63, 3.8) is 0 Å². The van der Waals surface area contributed by atoms with Crippen molar-refractivity contribution in [1.82, 2.24) is 20.4 Å². The highest BCUT2D eigenvalue weighted by molar-refractivity contribution is 5.73. The summed E-state index contributed by atoms with van der Waals surface area (Å²) in [5.41, 5.74) is 0. The number of urea groups is 1. The van der Waals surface area contributed by atoms with Crippen molar-refractivity contribution in [2.45, 2.75) is 32.0 Å². The molecule has 1 fully saturated rings. The Kier molecular flexibility index (Phi) is 5.31. The van der Waals surface area contributed by atoms with Crippen LogP contribution in [0.4, 0.5) is 4.79 Å². The van der Waals surface area contributed by atoms with Gasteiger partial charge in [-0.05, 0) is 12.8 Å². The Morgan fingerprint density at radius 1 is 1.60 bits per heavy atom. The first-order chi connectivity index (χ1) is 9.69. The molecule has 1 saturated heterocycles. The third-order valence-electron chi connectivity index (χ3n) is 3.12. The third kappa shape index (κ3) is 4.17. The predicted molar refractivity (Wildman–Crippen MR) is 68.9 cm³/mol. The van der Waals surface area contributed by atoms with Crippen molar-refractivity contribution in [2.75, 3.05) is 26.7 Å². The highest BCUT2D eigenvalue weighted by atomic mass is 16.5. The Hall–Kier alpha value is -1.67. The summed E-state index contributed by atoms with van der Waals surface area (Å²) in [5.74, 6) is 0.651. The van der Waals surface area contributed by atoms with E-state index in [0.717, 1.165) is 19.4 Å². The minimum Gasteiger partial charge on any atom is -0.387 e. The number of nitrogens with zero attached hydrogens (tertiary/aromatic N) is 3. The van der Waals surface area contributed by atoms with Gasteiger partial charge in [0.05, 0.1) is 6.10 Å². The summed E-state index contributed by atoms with van der Waals surface area (Å²) in [5, 5.41) is 15.2. The SMILES string of the molecule is CN(C[C@H]1CCCO1)C(=O)NCCc1noc(CO)n1. The molecule has 0 unspecified atom stereocenters. The lowest BCUT2D eigenvalue weighted by Crippen LogP contribution is -2.41. The van der Waals surface area contributed by atoms with Crippen LogP contribution in [0.3, 0.4) is 0 Å². The number of ether oxygens (including phenoxy) is 1. The molecule has 1 aromatic heterocycles. The van der Waals surface area contributed by atoms with Crippen LogP contribution in [-0.4, -0.2) is 59.0 Å². The highest BCUT2D eigenvalue weighted by Crippen LogP contribution is 2.12. The van der Waals surface area contributed by atoms with E-state index in [0.29, 0.717) is 25.3 Å². The Morgan fingerprint density at radius 3 is 3.10 bits per heavy atom. The van der Waals surface area contributed by atoms with Crippen molar-refractivity contribution < 1.29 is 19.2 Å². The van der Waals surface area contributed by atoms with E-state index in [1.165, 1.54) is 0 Å². The summed E-state index contributed by atoms with van der Waals surface area (Å²) in [6, 6.07) is -0.147. The van der Waals surface area contributed by atoms with Gasteiger partial charge in [0.25, 0.3) is 5.89 Å². The van der Waals surface area contributed by atoms with Crippen LogP contribution in [0, 0.1) is 0 Å². The lowest BCUT2D eigenvalue weighted by atomic mass is 10.2. The largest absolute Gasteiger partial charge is 0.387 e. The number of carbonyl (C=O) groups excluding carboxylic acids is 1. The number of likely N-dealkylation sites (N-methyl/N-ethyl adjacent to an activating group) is 1. The van der Waals surface area contributed by atoms with E-state index in [9.17, 15) is 4.79 Å². The monoisotopic (exact) mass is 284 g/mol. The molecule has 1 aliphatic rings. The van der Waals surface area contributed by atoms with Gasteiger partial charge in [0.2, 0.25) is 0 Å². The molecule has 1 aliphatic heterocycles. The van der Waals surface area contributed by atoms with Crippen molar-refractivity contribution in [1.29, 1.82) is 0 Å². The van der Waals surface area contributed by atoms with Crippen LogP contribution < -0.4 is 5.32 Å². The maximum atomic E-state index is 11.8. The van der Waals surface area contributed by atoms with Gasteiger partial charge in [0.15, 0.2) is 5.82 Å². The van der Waals surface area contributed by atoms with Gasteiger partial charge in [0, 0.05) is 33.2 Å². The molecular formula is C12H20N4O4. The summed E-state index contributed by atoms with van der Waals surface area (Å²) in [7, 11) is 1.75. The second-order valence-electron chi connectivity index (χ2n) is 4.76. The second kappa shape index (κ2) is 7.20. The van der Waals surface area contributed by atoms with Gasteiger partial charge in [-0.15, -0.1) is 0 Å². The van der Waals surface area contributed by atoms with Crippen molar-refractivity contribution in [3.8, 4) is 0 Å². The van der Waals surface area contributed by atoms with Gasteiger partial charge in [-0.2, -0.15) is 4.98 Å². The molecule has 0 aliphatic carbocycles. The van der Waals surface area contributed by atoms with Crippen LogP contribution >= 0.6 is 0 Å². The molecule has 2 N–H and O–H groups in total. The molecule has 2 amide bonds. The average Bonchev–Trinajstić information content (AvgIpc) is 3.09. The fourth-order valence-electron chi connectivity index (χ4n) is 2.05. The van der Waals surface area contributed by atoms with Crippen LogP contribution in [0.15, 0.2) is 4.52 Å². The van der Waals surface area contributed by atoms with E-state index in [-0.39, 0.29) is 24.6 Å². The van der Waals surface area contributed by atoms with Crippen molar-refractivity contribution in [2.24, 2.45) is 0 Å². The molecule has 112 valence electrons. The molecule has 2 rings (SSSR count). The van der Waals surface area contributed by atoms with Crippen LogP contribution in [0.1, 0.15) is 24.6 Å². The maximum Gasteiger partial charge on any atom is 0.317 e. The zero-order valence-electron chi connectivity index (χ0n) is 11.5. The molecule has 1 atom stereocenters. The number of hydrogen-bond donors (Lipinski definition) is 2. The quantitative estimate of drug-likeness (QED) is 0.758. The number of aromatic nitrogens is 2. The minimum absolute atomic E-state index is 0.147. The fraction of sp³-hybridized carbons (Fsp3) is 0.750. The molecular weight excluding hydrogens is 264 g/mol. The summed E-state index contributed by atoms with van der Waals surface area (Å²) < 4.78 is 10.2. The topological polar surface area (TPSA) is 101 Å². The van der Waals surface area contributed by atoms with Gasteiger partial charge >= 0.3 is 6.03 Å². The molecule has 8 nitrogen and oxygen atoms in total. The summed E-state index contributed by atoms with van der Waals surface area (Å²) >= 11 is 0. The zero-order valence-corrected chi connectivity index (χ0v) is 11.5. The molecule has 0 saturated carbocycles. The molecule has 0 bridgehead atoms. The van der Waals surface area contributed by atoms with Gasteiger partial charge in [-0.1, -0.05) is 5.16 Å². The van der Waals surface area contributed by atoms with E-state index in [4.69, 9.17) is 14.4 Å².